The number of anilines is 1. The molecule has 0 aliphatic heterocycles. The topological polar surface area (TPSA) is 58.2 Å². The van der Waals surface area contributed by atoms with Crippen LogP contribution in [0.3, 0.4) is 0 Å². The molecule has 0 aromatic heterocycles. The summed E-state index contributed by atoms with van der Waals surface area (Å²) in [6.07, 6.45) is 4.21. The highest BCUT2D eigenvalue weighted by molar-refractivity contribution is 6.39. The highest BCUT2D eigenvalue weighted by Gasteiger charge is 2.21. The Balaban J connectivity index is 1.86. The molecule has 18 heavy (non-hydrogen) atoms. The molecule has 2 N–H and O–H groups in total. The molecular formula is C14H18N2O2. The van der Waals surface area contributed by atoms with Crippen LogP contribution in [0.15, 0.2) is 24.3 Å². The van der Waals surface area contributed by atoms with Gasteiger partial charge in [-0.05, 0) is 31.9 Å². The summed E-state index contributed by atoms with van der Waals surface area (Å²) >= 11 is 0. The molecule has 1 aromatic rings. The van der Waals surface area contributed by atoms with Crippen molar-refractivity contribution < 1.29 is 9.59 Å². The van der Waals surface area contributed by atoms with E-state index in [0.29, 0.717) is 5.69 Å². The van der Waals surface area contributed by atoms with Gasteiger partial charge in [-0.1, -0.05) is 30.5 Å². The Hall–Kier alpha value is -1.84. The van der Waals surface area contributed by atoms with Gasteiger partial charge in [0.05, 0.1) is 0 Å². The summed E-state index contributed by atoms with van der Waals surface area (Å²) in [4.78, 5) is 23.3. The SMILES string of the molecule is Cc1ccc(NC(=O)C(=O)NC2CCCC2)cc1. The molecule has 0 atom stereocenters. The van der Waals surface area contributed by atoms with Gasteiger partial charge in [0.25, 0.3) is 0 Å². The normalized spacial score (nSPS) is 15.4. The first-order valence-electron chi connectivity index (χ1n) is 6.33. The van der Waals surface area contributed by atoms with Crippen LogP contribution >= 0.6 is 0 Å². The van der Waals surface area contributed by atoms with Gasteiger partial charge >= 0.3 is 11.8 Å². The maximum atomic E-state index is 11.7. The van der Waals surface area contributed by atoms with E-state index in [1.807, 2.05) is 19.1 Å². The lowest BCUT2D eigenvalue weighted by Crippen LogP contribution is -2.40. The van der Waals surface area contributed by atoms with E-state index in [1.165, 1.54) is 0 Å². The van der Waals surface area contributed by atoms with Crippen LogP contribution in [-0.4, -0.2) is 17.9 Å². The third kappa shape index (κ3) is 3.32. The van der Waals surface area contributed by atoms with Gasteiger partial charge in [-0.2, -0.15) is 0 Å². The number of carbonyl (C=O) groups excluding carboxylic acids is 2. The van der Waals surface area contributed by atoms with Crippen LogP contribution in [0.5, 0.6) is 0 Å². The van der Waals surface area contributed by atoms with E-state index in [9.17, 15) is 9.59 Å². The summed E-state index contributed by atoms with van der Waals surface area (Å²) in [6.45, 7) is 1.97. The maximum absolute atomic E-state index is 11.7. The second kappa shape index (κ2) is 5.67. The Labute approximate surface area is 107 Å². The minimum Gasteiger partial charge on any atom is -0.345 e. The summed E-state index contributed by atoms with van der Waals surface area (Å²) in [7, 11) is 0. The predicted octanol–water partition coefficient (Wildman–Crippen LogP) is 1.99. The standard InChI is InChI=1S/C14H18N2O2/c1-10-6-8-12(9-7-10)16-14(18)13(17)15-11-4-2-3-5-11/h6-9,11H,2-5H2,1H3,(H,15,17)(H,16,18). The van der Waals surface area contributed by atoms with Crippen molar-refractivity contribution in [3.63, 3.8) is 0 Å². The molecule has 1 aromatic carbocycles. The number of amides is 2. The second-order valence-electron chi connectivity index (χ2n) is 4.77. The highest BCUT2D eigenvalue weighted by atomic mass is 16.2. The summed E-state index contributed by atoms with van der Waals surface area (Å²) < 4.78 is 0. The van der Waals surface area contributed by atoms with Gasteiger partial charge in [-0.15, -0.1) is 0 Å². The van der Waals surface area contributed by atoms with Crippen LogP contribution in [0.4, 0.5) is 5.69 Å². The van der Waals surface area contributed by atoms with Gasteiger partial charge < -0.3 is 10.6 Å². The number of aryl methyl sites for hydroxylation is 1. The van der Waals surface area contributed by atoms with Crippen molar-refractivity contribution in [2.45, 2.75) is 38.6 Å². The fourth-order valence-electron chi connectivity index (χ4n) is 2.15. The van der Waals surface area contributed by atoms with E-state index < -0.39 is 11.8 Å². The Morgan fingerprint density at radius 3 is 2.28 bits per heavy atom. The molecule has 1 fully saturated rings. The number of rotatable bonds is 2. The molecule has 1 aliphatic carbocycles. The molecule has 4 nitrogen and oxygen atoms in total. The van der Waals surface area contributed by atoms with Crippen LogP contribution in [0, 0.1) is 6.92 Å². The van der Waals surface area contributed by atoms with Crippen molar-refractivity contribution >= 4 is 17.5 Å². The lowest BCUT2D eigenvalue weighted by atomic mass is 10.2. The number of nitrogens with one attached hydrogen (secondary N) is 2. The van der Waals surface area contributed by atoms with Crippen molar-refractivity contribution in [1.82, 2.24) is 5.32 Å². The quantitative estimate of drug-likeness (QED) is 0.784. The first-order valence-corrected chi connectivity index (χ1v) is 6.33. The monoisotopic (exact) mass is 246 g/mol. The molecule has 1 saturated carbocycles. The third-order valence-electron chi connectivity index (χ3n) is 3.21. The molecule has 0 spiro atoms. The molecule has 2 rings (SSSR count). The molecule has 0 heterocycles. The Bertz CT molecular complexity index is 434. The predicted molar refractivity (Wildman–Crippen MR) is 70.2 cm³/mol. The minimum atomic E-state index is -0.592. The average molecular weight is 246 g/mol. The van der Waals surface area contributed by atoms with Crippen LogP contribution < -0.4 is 10.6 Å². The Morgan fingerprint density at radius 1 is 1.06 bits per heavy atom. The Kier molecular flexibility index (Phi) is 3.97. The zero-order valence-corrected chi connectivity index (χ0v) is 10.5. The second-order valence-corrected chi connectivity index (χ2v) is 4.77. The molecule has 0 unspecified atom stereocenters. The molecule has 1 aliphatic rings. The lowest BCUT2D eigenvalue weighted by Gasteiger charge is -2.11. The first kappa shape index (κ1) is 12.6. The highest BCUT2D eigenvalue weighted by Crippen LogP contribution is 2.17. The van der Waals surface area contributed by atoms with Gasteiger partial charge in [-0.25, -0.2) is 0 Å². The van der Waals surface area contributed by atoms with E-state index in [0.717, 1.165) is 31.2 Å². The van der Waals surface area contributed by atoms with Gasteiger partial charge in [-0.3, -0.25) is 9.59 Å². The fraction of sp³-hybridized carbons (Fsp3) is 0.429. The minimum absolute atomic E-state index is 0.168. The van der Waals surface area contributed by atoms with Crippen LogP contribution in [-0.2, 0) is 9.59 Å². The lowest BCUT2D eigenvalue weighted by molar-refractivity contribution is -0.136. The summed E-state index contributed by atoms with van der Waals surface area (Å²) in [5.41, 5.74) is 1.76. The molecule has 0 radical (unpaired) electrons. The van der Waals surface area contributed by atoms with E-state index >= 15 is 0 Å². The zero-order chi connectivity index (χ0) is 13.0. The summed E-state index contributed by atoms with van der Waals surface area (Å²) in [6, 6.07) is 7.53. The number of carbonyl (C=O) groups is 2. The molecule has 0 bridgehead atoms. The molecular weight excluding hydrogens is 228 g/mol. The van der Waals surface area contributed by atoms with Gasteiger partial charge in [0.2, 0.25) is 0 Å². The van der Waals surface area contributed by atoms with Crippen molar-refractivity contribution in [2.24, 2.45) is 0 Å². The first-order chi connectivity index (χ1) is 8.65. The van der Waals surface area contributed by atoms with E-state index in [1.54, 1.807) is 12.1 Å². The molecule has 0 saturated heterocycles. The molecule has 96 valence electrons. The van der Waals surface area contributed by atoms with Crippen LogP contribution in [0.1, 0.15) is 31.2 Å². The van der Waals surface area contributed by atoms with E-state index in [-0.39, 0.29) is 6.04 Å². The van der Waals surface area contributed by atoms with Crippen molar-refractivity contribution in [3.8, 4) is 0 Å². The number of benzene rings is 1. The smallest absolute Gasteiger partial charge is 0.313 e. The Morgan fingerprint density at radius 2 is 1.67 bits per heavy atom. The van der Waals surface area contributed by atoms with Crippen molar-refractivity contribution in [3.05, 3.63) is 29.8 Å². The molecule has 2 amide bonds. The number of hydrogen-bond acceptors (Lipinski definition) is 2. The van der Waals surface area contributed by atoms with Crippen LogP contribution in [0.2, 0.25) is 0 Å². The maximum Gasteiger partial charge on any atom is 0.313 e. The van der Waals surface area contributed by atoms with E-state index in [2.05, 4.69) is 10.6 Å². The van der Waals surface area contributed by atoms with Crippen molar-refractivity contribution in [2.75, 3.05) is 5.32 Å². The van der Waals surface area contributed by atoms with Gasteiger partial charge in [0.1, 0.15) is 0 Å². The summed E-state index contributed by atoms with van der Waals surface area (Å²) in [5.74, 6) is -1.13. The van der Waals surface area contributed by atoms with Gasteiger partial charge in [0, 0.05) is 11.7 Å². The summed E-state index contributed by atoms with van der Waals surface area (Å²) in [5, 5.41) is 5.35. The third-order valence-corrected chi connectivity index (χ3v) is 3.21. The van der Waals surface area contributed by atoms with E-state index in [4.69, 9.17) is 0 Å². The van der Waals surface area contributed by atoms with Crippen molar-refractivity contribution in [1.29, 1.82) is 0 Å². The molecule has 4 heteroatoms. The largest absolute Gasteiger partial charge is 0.345 e. The van der Waals surface area contributed by atoms with Crippen LogP contribution in [0.25, 0.3) is 0 Å². The van der Waals surface area contributed by atoms with Gasteiger partial charge in [0.15, 0.2) is 0 Å². The fourth-order valence-corrected chi connectivity index (χ4v) is 2.15. The average Bonchev–Trinajstić information content (AvgIpc) is 2.85. The number of hydrogen-bond donors (Lipinski definition) is 2. The zero-order valence-electron chi connectivity index (χ0n) is 10.5.